The smallest absolute Gasteiger partial charge is 0.240 e. The van der Waals surface area contributed by atoms with E-state index in [0.717, 1.165) is 6.42 Å². The summed E-state index contributed by atoms with van der Waals surface area (Å²) in [6, 6.07) is 0. The molecule has 0 aromatic rings. The molecule has 0 saturated carbocycles. The van der Waals surface area contributed by atoms with E-state index in [-0.39, 0.29) is 12.5 Å². The number of hydrogen-bond acceptors (Lipinski definition) is 3. The maximum absolute atomic E-state index is 11.3. The second-order valence-corrected chi connectivity index (χ2v) is 3.32. The molecule has 1 atom stereocenters. The summed E-state index contributed by atoms with van der Waals surface area (Å²) in [4.78, 5) is 21.7. The lowest BCUT2D eigenvalue weighted by Crippen LogP contribution is -2.52. The van der Waals surface area contributed by atoms with Gasteiger partial charge < -0.3 is 16.8 Å². The number of rotatable bonds is 5. The molecule has 0 spiro atoms. The molecule has 5 nitrogen and oxygen atoms in total. The van der Waals surface area contributed by atoms with Crippen LogP contribution in [0.2, 0.25) is 0 Å². The SMILES string of the molecule is CCCC(C)(N)C(=O)NCC(N)=O. The number of hydrogen-bond donors (Lipinski definition) is 3. The minimum absolute atomic E-state index is 0.157. The molecule has 13 heavy (non-hydrogen) atoms. The third-order valence-electron chi connectivity index (χ3n) is 1.71. The molecular weight excluding hydrogens is 170 g/mol. The zero-order valence-corrected chi connectivity index (χ0v) is 8.09. The molecule has 0 radical (unpaired) electrons. The first kappa shape index (κ1) is 11.9. The first-order chi connectivity index (χ1) is 5.90. The zero-order valence-electron chi connectivity index (χ0n) is 8.09. The Hall–Kier alpha value is -1.10. The minimum atomic E-state index is -0.913. The van der Waals surface area contributed by atoms with Gasteiger partial charge in [0.2, 0.25) is 11.8 Å². The number of primary amides is 1. The molecule has 1 unspecified atom stereocenters. The molecule has 5 N–H and O–H groups in total. The van der Waals surface area contributed by atoms with Gasteiger partial charge in [-0.15, -0.1) is 0 Å². The number of nitrogens with one attached hydrogen (secondary N) is 1. The molecule has 5 heteroatoms. The van der Waals surface area contributed by atoms with Crippen molar-refractivity contribution in [2.75, 3.05) is 6.54 Å². The van der Waals surface area contributed by atoms with Gasteiger partial charge in [0, 0.05) is 0 Å². The van der Waals surface area contributed by atoms with Gasteiger partial charge in [0.15, 0.2) is 0 Å². The van der Waals surface area contributed by atoms with E-state index >= 15 is 0 Å². The van der Waals surface area contributed by atoms with Crippen LogP contribution >= 0.6 is 0 Å². The van der Waals surface area contributed by atoms with Crippen LogP contribution in [0.25, 0.3) is 0 Å². The van der Waals surface area contributed by atoms with E-state index in [0.29, 0.717) is 6.42 Å². The van der Waals surface area contributed by atoms with Gasteiger partial charge in [-0.2, -0.15) is 0 Å². The van der Waals surface area contributed by atoms with Crippen molar-refractivity contribution < 1.29 is 9.59 Å². The Morgan fingerprint density at radius 1 is 1.46 bits per heavy atom. The Morgan fingerprint density at radius 3 is 2.38 bits per heavy atom. The van der Waals surface area contributed by atoms with Crippen molar-refractivity contribution in [3.63, 3.8) is 0 Å². The number of carbonyl (C=O) groups excluding carboxylic acids is 2. The normalized spacial score (nSPS) is 14.7. The van der Waals surface area contributed by atoms with Gasteiger partial charge in [0.1, 0.15) is 0 Å². The average Bonchev–Trinajstić information content (AvgIpc) is 1.99. The van der Waals surface area contributed by atoms with Gasteiger partial charge in [0.25, 0.3) is 0 Å². The topological polar surface area (TPSA) is 98.2 Å². The third kappa shape index (κ3) is 4.47. The lowest BCUT2D eigenvalue weighted by atomic mass is 9.97. The van der Waals surface area contributed by atoms with Crippen molar-refractivity contribution in [1.29, 1.82) is 0 Å². The molecule has 0 rings (SSSR count). The van der Waals surface area contributed by atoms with Crippen molar-refractivity contribution in [2.24, 2.45) is 11.5 Å². The largest absolute Gasteiger partial charge is 0.368 e. The Bertz CT molecular complexity index is 202. The predicted molar refractivity (Wildman–Crippen MR) is 49.7 cm³/mol. The molecule has 0 aliphatic carbocycles. The van der Waals surface area contributed by atoms with Gasteiger partial charge in [-0.1, -0.05) is 13.3 Å². The van der Waals surface area contributed by atoms with Crippen molar-refractivity contribution in [2.45, 2.75) is 32.2 Å². The minimum Gasteiger partial charge on any atom is -0.368 e. The predicted octanol–water partition coefficient (Wildman–Crippen LogP) is -0.895. The summed E-state index contributed by atoms with van der Waals surface area (Å²) in [5, 5.41) is 2.37. The highest BCUT2D eigenvalue weighted by Gasteiger charge is 2.26. The monoisotopic (exact) mass is 187 g/mol. The molecule has 76 valence electrons. The Balaban J connectivity index is 4.01. The summed E-state index contributed by atoms with van der Waals surface area (Å²) in [5.41, 5.74) is 9.64. The van der Waals surface area contributed by atoms with Gasteiger partial charge in [-0.3, -0.25) is 9.59 Å². The molecule has 2 amide bonds. The van der Waals surface area contributed by atoms with E-state index in [1.165, 1.54) is 0 Å². The van der Waals surface area contributed by atoms with Gasteiger partial charge in [-0.05, 0) is 13.3 Å². The van der Waals surface area contributed by atoms with E-state index in [9.17, 15) is 9.59 Å². The van der Waals surface area contributed by atoms with Gasteiger partial charge in [-0.25, -0.2) is 0 Å². The fourth-order valence-corrected chi connectivity index (χ4v) is 1.00. The van der Waals surface area contributed by atoms with Gasteiger partial charge >= 0.3 is 0 Å². The van der Waals surface area contributed by atoms with E-state index in [2.05, 4.69) is 5.32 Å². The van der Waals surface area contributed by atoms with Crippen LogP contribution in [-0.4, -0.2) is 23.9 Å². The summed E-state index contributed by atoms with van der Waals surface area (Å²) < 4.78 is 0. The molecule has 0 aromatic carbocycles. The molecule has 0 heterocycles. The summed E-state index contributed by atoms with van der Waals surface area (Å²) in [5.74, 6) is -0.909. The molecule has 0 bridgehead atoms. The van der Waals surface area contributed by atoms with Crippen LogP contribution in [0.15, 0.2) is 0 Å². The molecule has 0 saturated heterocycles. The van der Waals surface area contributed by atoms with E-state index < -0.39 is 11.4 Å². The summed E-state index contributed by atoms with van der Waals surface area (Å²) >= 11 is 0. The summed E-state index contributed by atoms with van der Waals surface area (Å²) in [7, 11) is 0. The van der Waals surface area contributed by atoms with Crippen LogP contribution in [-0.2, 0) is 9.59 Å². The maximum atomic E-state index is 11.3. The fourth-order valence-electron chi connectivity index (χ4n) is 1.00. The Labute approximate surface area is 77.8 Å². The van der Waals surface area contributed by atoms with Crippen LogP contribution in [0.4, 0.5) is 0 Å². The number of nitrogens with two attached hydrogens (primary N) is 2. The highest BCUT2D eigenvalue weighted by molar-refractivity contribution is 5.89. The highest BCUT2D eigenvalue weighted by Crippen LogP contribution is 2.07. The maximum Gasteiger partial charge on any atom is 0.240 e. The second kappa shape index (κ2) is 4.81. The first-order valence-electron chi connectivity index (χ1n) is 4.25. The third-order valence-corrected chi connectivity index (χ3v) is 1.71. The first-order valence-corrected chi connectivity index (χ1v) is 4.25. The number of carbonyl (C=O) groups is 2. The summed E-state index contributed by atoms with van der Waals surface area (Å²) in [6.07, 6.45) is 1.40. The van der Waals surface area contributed by atoms with E-state index in [1.54, 1.807) is 6.92 Å². The lowest BCUT2D eigenvalue weighted by Gasteiger charge is -2.22. The number of amides is 2. The van der Waals surface area contributed by atoms with Crippen LogP contribution < -0.4 is 16.8 Å². The van der Waals surface area contributed by atoms with Crippen LogP contribution in [0.3, 0.4) is 0 Å². The van der Waals surface area contributed by atoms with Crippen LogP contribution in [0, 0.1) is 0 Å². The second-order valence-electron chi connectivity index (χ2n) is 3.32. The fraction of sp³-hybridized carbons (Fsp3) is 0.750. The molecular formula is C8H17N3O2. The molecule has 0 aliphatic heterocycles. The van der Waals surface area contributed by atoms with Crippen molar-refractivity contribution >= 4 is 11.8 Å². The Kier molecular flexibility index (Phi) is 4.40. The lowest BCUT2D eigenvalue weighted by molar-refractivity contribution is -0.128. The zero-order chi connectivity index (χ0) is 10.5. The Morgan fingerprint density at radius 2 is 2.00 bits per heavy atom. The molecule has 0 aromatic heterocycles. The summed E-state index contributed by atoms with van der Waals surface area (Å²) in [6.45, 7) is 3.41. The molecule has 0 fully saturated rings. The van der Waals surface area contributed by atoms with Crippen molar-refractivity contribution in [1.82, 2.24) is 5.32 Å². The quantitative estimate of drug-likeness (QED) is 0.520. The van der Waals surface area contributed by atoms with Gasteiger partial charge in [0.05, 0.1) is 12.1 Å². The van der Waals surface area contributed by atoms with Crippen molar-refractivity contribution in [3.8, 4) is 0 Å². The van der Waals surface area contributed by atoms with E-state index in [1.807, 2.05) is 6.92 Å². The average molecular weight is 187 g/mol. The standard InChI is InChI=1S/C8H17N3O2/c1-3-4-8(2,10)7(13)11-5-6(9)12/h3-5,10H2,1-2H3,(H2,9,12)(H,11,13). The molecule has 0 aliphatic rings. The highest BCUT2D eigenvalue weighted by atomic mass is 16.2. The van der Waals surface area contributed by atoms with Crippen LogP contribution in [0.1, 0.15) is 26.7 Å². The van der Waals surface area contributed by atoms with E-state index in [4.69, 9.17) is 11.5 Å². The van der Waals surface area contributed by atoms with Crippen LogP contribution in [0.5, 0.6) is 0 Å². The van der Waals surface area contributed by atoms with Crippen molar-refractivity contribution in [3.05, 3.63) is 0 Å².